The van der Waals surface area contributed by atoms with Crippen molar-refractivity contribution in [1.82, 2.24) is 15.0 Å². The predicted molar refractivity (Wildman–Crippen MR) is 116 cm³/mol. The van der Waals surface area contributed by atoms with Crippen LogP contribution in [-0.2, 0) is 9.53 Å². The van der Waals surface area contributed by atoms with Gasteiger partial charge in [-0.2, -0.15) is 0 Å². The second-order valence-electron chi connectivity index (χ2n) is 6.68. The Hall–Kier alpha value is -3.06. The molecule has 3 heterocycles. The van der Waals surface area contributed by atoms with E-state index in [9.17, 15) is 4.79 Å². The molecule has 0 aliphatic carbocycles. The van der Waals surface area contributed by atoms with Crippen LogP contribution in [0.25, 0.3) is 10.6 Å². The van der Waals surface area contributed by atoms with Crippen LogP contribution < -0.4 is 5.32 Å². The zero-order valence-electron chi connectivity index (χ0n) is 16.8. The molecule has 29 heavy (non-hydrogen) atoms. The van der Waals surface area contributed by atoms with Crippen LogP contribution >= 0.6 is 11.3 Å². The summed E-state index contributed by atoms with van der Waals surface area (Å²) in [7, 11) is 0. The molecule has 0 spiro atoms. The first-order valence-electron chi connectivity index (χ1n) is 9.40. The number of carbonyl (C=O) groups is 1. The number of nitrogens with one attached hydrogen (secondary N) is 1. The molecular weight excluding hydrogens is 384 g/mol. The number of esters is 1. The van der Waals surface area contributed by atoms with Gasteiger partial charge in [0, 0.05) is 19.3 Å². The zero-order valence-corrected chi connectivity index (χ0v) is 17.6. The lowest BCUT2D eigenvalue weighted by molar-refractivity contribution is -0.141. The molecule has 6 nitrogen and oxygen atoms in total. The number of anilines is 2. The maximum absolute atomic E-state index is 11.2. The number of thiazole rings is 1. The lowest BCUT2D eigenvalue weighted by atomic mass is 10.0. The van der Waals surface area contributed by atoms with Gasteiger partial charge in [-0.15, -0.1) is 11.3 Å². The van der Waals surface area contributed by atoms with E-state index in [2.05, 4.69) is 21.9 Å². The summed E-state index contributed by atoms with van der Waals surface area (Å²) in [6.07, 6.45) is 4.36. The fourth-order valence-corrected chi connectivity index (χ4v) is 3.79. The molecule has 3 aromatic heterocycles. The number of nitrogens with zero attached hydrogens (tertiary/aromatic N) is 3. The van der Waals surface area contributed by atoms with Crippen molar-refractivity contribution < 1.29 is 9.53 Å². The van der Waals surface area contributed by atoms with Gasteiger partial charge in [0.05, 0.1) is 16.5 Å². The van der Waals surface area contributed by atoms with Gasteiger partial charge in [0.15, 0.2) is 0 Å². The SMILES string of the molecule is C=C(CC)[C@@H](COC(C)=O)c1ncc(-c2cccc(Nc3cc(C)ccn3)n2)s1. The van der Waals surface area contributed by atoms with Crippen LogP contribution in [0.1, 0.15) is 36.8 Å². The fraction of sp³-hybridized carbons (Fsp3) is 0.273. The molecule has 0 aliphatic rings. The average Bonchev–Trinajstić information content (AvgIpc) is 3.18. The van der Waals surface area contributed by atoms with Crippen LogP contribution in [0.2, 0.25) is 0 Å². The molecule has 1 N–H and O–H groups in total. The Kier molecular flexibility index (Phi) is 6.72. The lowest BCUT2D eigenvalue weighted by Gasteiger charge is -2.15. The maximum atomic E-state index is 11.2. The van der Waals surface area contributed by atoms with Crippen molar-refractivity contribution in [3.8, 4) is 10.6 Å². The third-order valence-corrected chi connectivity index (χ3v) is 5.53. The number of pyridine rings is 2. The third-order valence-electron chi connectivity index (χ3n) is 4.39. The highest BCUT2D eigenvalue weighted by Gasteiger charge is 2.20. The number of hydrogen-bond acceptors (Lipinski definition) is 7. The minimum atomic E-state index is -0.305. The van der Waals surface area contributed by atoms with E-state index < -0.39 is 0 Å². The van der Waals surface area contributed by atoms with Gasteiger partial charge in [0.25, 0.3) is 0 Å². The van der Waals surface area contributed by atoms with E-state index in [1.165, 1.54) is 18.3 Å². The zero-order chi connectivity index (χ0) is 20.8. The van der Waals surface area contributed by atoms with Gasteiger partial charge in [-0.05, 0) is 43.2 Å². The number of hydrogen-bond donors (Lipinski definition) is 1. The predicted octanol–water partition coefficient (Wildman–Crippen LogP) is 5.27. The molecule has 0 unspecified atom stereocenters. The van der Waals surface area contributed by atoms with Crippen LogP contribution in [0.15, 0.2) is 54.9 Å². The Balaban J connectivity index is 1.81. The van der Waals surface area contributed by atoms with Crippen LogP contribution in [0, 0.1) is 6.92 Å². The molecule has 0 amide bonds. The first-order valence-corrected chi connectivity index (χ1v) is 10.2. The average molecular weight is 409 g/mol. The molecule has 0 aromatic carbocycles. The smallest absolute Gasteiger partial charge is 0.302 e. The van der Waals surface area contributed by atoms with Crippen molar-refractivity contribution in [1.29, 1.82) is 0 Å². The van der Waals surface area contributed by atoms with Crippen molar-refractivity contribution >= 4 is 28.9 Å². The van der Waals surface area contributed by atoms with Gasteiger partial charge in [0.1, 0.15) is 23.3 Å². The van der Waals surface area contributed by atoms with Gasteiger partial charge >= 0.3 is 5.97 Å². The van der Waals surface area contributed by atoms with Crippen molar-refractivity contribution in [3.63, 3.8) is 0 Å². The van der Waals surface area contributed by atoms with Gasteiger partial charge in [-0.25, -0.2) is 15.0 Å². The maximum Gasteiger partial charge on any atom is 0.302 e. The summed E-state index contributed by atoms with van der Waals surface area (Å²) in [5.41, 5.74) is 2.93. The molecule has 0 bridgehead atoms. The highest BCUT2D eigenvalue weighted by molar-refractivity contribution is 7.15. The van der Waals surface area contributed by atoms with Crippen LogP contribution in [-0.4, -0.2) is 27.5 Å². The quantitative estimate of drug-likeness (QED) is 0.404. The summed E-state index contributed by atoms with van der Waals surface area (Å²) in [5.74, 6) is 1.05. The largest absolute Gasteiger partial charge is 0.465 e. The molecule has 7 heteroatoms. The molecule has 150 valence electrons. The molecular formula is C22H24N4O2S. The fourth-order valence-electron chi connectivity index (χ4n) is 2.76. The number of carbonyl (C=O) groups excluding carboxylic acids is 1. The van der Waals surface area contributed by atoms with Gasteiger partial charge in [-0.1, -0.05) is 25.1 Å². The van der Waals surface area contributed by atoms with Crippen LogP contribution in [0.5, 0.6) is 0 Å². The van der Waals surface area contributed by atoms with Crippen molar-refractivity contribution in [2.24, 2.45) is 0 Å². The van der Waals surface area contributed by atoms with Gasteiger partial charge in [0.2, 0.25) is 0 Å². The highest BCUT2D eigenvalue weighted by atomic mass is 32.1. The summed E-state index contributed by atoms with van der Waals surface area (Å²) in [5, 5.41) is 4.10. The minimum Gasteiger partial charge on any atom is -0.465 e. The van der Waals surface area contributed by atoms with Gasteiger partial charge < -0.3 is 10.1 Å². The first-order chi connectivity index (χ1) is 14.0. The number of rotatable bonds is 8. The van der Waals surface area contributed by atoms with E-state index >= 15 is 0 Å². The van der Waals surface area contributed by atoms with E-state index in [1.807, 2.05) is 44.2 Å². The summed E-state index contributed by atoms with van der Waals surface area (Å²) in [6, 6.07) is 9.71. The van der Waals surface area contributed by atoms with Gasteiger partial charge in [-0.3, -0.25) is 4.79 Å². The highest BCUT2D eigenvalue weighted by Crippen LogP contribution is 2.33. The molecule has 1 atom stereocenters. The topological polar surface area (TPSA) is 77.0 Å². The molecule has 3 rings (SSSR count). The van der Waals surface area contributed by atoms with E-state index in [0.717, 1.165) is 39.0 Å². The van der Waals surface area contributed by atoms with Crippen molar-refractivity contribution in [3.05, 3.63) is 65.4 Å². The number of ether oxygens (including phenoxy) is 1. The third kappa shape index (κ3) is 5.48. The molecule has 0 saturated heterocycles. The Labute approximate surface area is 174 Å². The second-order valence-corrected chi connectivity index (χ2v) is 7.74. The first kappa shape index (κ1) is 20.7. The summed E-state index contributed by atoms with van der Waals surface area (Å²) in [4.78, 5) is 25.7. The Bertz CT molecular complexity index is 1020. The normalized spacial score (nSPS) is 11.7. The summed E-state index contributed by atoms with van der Waals surface area (Å²) in [6.45, 7) is 9.84. The summed E-state index contributed by atoms with van der Waals surface area (Å²) >= 11 is 1.54. The minimum absolute atomic E-state index is 0.111. The lowest BCUT2D eigenvalue weighted by Crippen LogP contribution is -2.12. The van der Waals surface area contributed by atoms with E-state index in [4.69, 9.17) is 9.72 Å². The standard InChI is InChI=1S/C22H24N4O2S/c1-5-15(3)17(13-28-16(4)27)22-24-12-19(29-22)18-7-6-8-20(25-18)26-21-11-14(2)9-10-23-21/h6-12,17H,3,5,13H2,1-2,4H3,(H,23,25,26)/t17-/m1/s1. The van der Waals surface area contributed by atoms with E-state index in [1.54, 1.807) is 12.4 Å². The number of aryl methyl sites for hydroxylation is 1. The van der Waals surface area contributed by atoms with E-state index in [-0.39, 0.29) is 18.5 Å². The number of aromatic nitrogens is 3. The van der Waals surface area contributed by atoms with Crippen LogP contribution in [0.4, 0.5) is 11.6 Å². The molecule has 0 radical (unpaired) electrons. The van der Waals surface area contributed by atoms with Crippen molar-refractivity contribution in [2.75, 3.05) is 11.9 Å². The van der Waals surface area contributed by atoms with Crippen molar-refractivity contribution in [2.45, 2.75) is 33.1 Å². The molecule has 3 aromatic rings. The Morgan fingerprint density at radius 1 is 1.28 bits per heavy atom. The molecule has 0 fully saturated rings. The van der Waals surface area contributed by atoms with E-state index in [0.29, 0.717) is 5.82 Å². The summed E-state index contributed by atoms with van der Waals surface area (Å²) < 4.78 is 5.23. The Morgan fingerprint density at radius 2 is 2.10 bits per heavy atom. The second kappa shape index (κ2) is 9.43. The molecule has 0 saturated carbocycles. The monoisotopic (exact) mass is 408 g/mol. The molecule has 0 aliphatic heterocycles. The van der Waals surface area contributed by atoms with Crippen LogP contribution in [0.3, 0.4) is 0 Å². The Morgan fingerprint density at radius 3 is 2.83 bits per heavy atom.